The number of hydrogen-bond donors (Lipinski definition) is 4. The minimum Gasteiger partial charge on any atom is -0.496 e. The summed E-state index contributed by atoms with van der Waals surface area (Å²) < 4.78 is 10.2. The van der Waals surface area contributed by atoms with Crippen LogP contribution in [0.25, 0.3) is 21.8 Å². The van der Waals surface area contributed by atoms with E-state index in [4.69, 9.17) is 9.47 Å². The number of benzene rings is 2. The topological polar surface area (TPSA) is 142 Å². The molecule has 1 unspecified atom stereocenters. The van der Waals surface area contributed by atoms with Gasteiger partial charge in [-0.2, -0.15) is 0 Å². The number of fused-ring (bicyclic) bond motifs is 2. The third-order valence-corrected chi connectivity index (χ3v) is 6.49. The minimum atomic E-state index is -0.904. The predicted octanol–water partition coefficient (Wildman–Crippen LogP) is 3.58. The van der Waals surface area contributed by atoms with E-state index < -0.39 is 29.9 Å². The Morgan fingerprint density at radius 2 is 1.62 bits per heavy atom. The number of esters is 1. The maximum absolute atomic E-state index is 13.6. The Bertz CT molecular complexity index is 1570. The molecule has 0 saturated carbocycles. The molecule has 0 aliphatic carbocycles. The molecule has 0 aliphatic rings. The van der Waals surface area contributed by atoms with Crippen molar-refractivity contribution in [3.05, 3.63) is 76.2 Å². The highest BCUT2D eigenvalue weighted by Crippen LogP contribution is 2.27. The fourth-order valence-corrected chi connectivity index (χ4v) is 4.65. The lowest BCUT2D eigenvalue weighted by molar-refractivity contribution is -0.141. The zero-order valence-corrected chi connectivity index (χ0v) is 22.3. The molecule has 2 aromatic heterocycles. The molecule has 4 N–H and O–H groups in total. The molecule has 0 radical (unpaired) electrons. The Morgan fingerprint density at radius 1 is 0.897 bits per heavy atom. The van der Waals surface area contributed by atoms with Gasteiger partial charge in [0, 0.05) is 27.9 Å². The van der Waals surface area contributed by atoms with Crippen LogP contribution in [0.3, 0.4) is 0 Å². The maximum atomic E-state index is 13.6. The lowest BCUT2D eigenvalue weighted by Gasteiger charge is -2.25. The summed E-state index contributed by atoms with van der Waals surface area (Å²) in [5, 5.41) is 7.14. The number of aromatic nitrogens is 2. The molecule has 4 aromatic rings. The molecule has 204 valence electrons. The van der Waals surface area contributed by atoms with Gasteiger partial charge in [-0.05, 0) is 42.2 Å². The molecule has 0 fully saturated rings. The molecule has 0 saturated heterocycles. The van der Waals surface area contributed by atoms with Crippen LogP contribution < -0.4 is 20.9 Å². The van der Waals surface area contributed by atoms with Gasteiger partial charge in [-0.15, -0.1) is 0 Å². The quantitative estimate of drug-likeness (QED) is 0.230. The average molecular weight is 533 g/mol. The molecule has 39 heavy (non-hydrogen) atoms. The van der Waals surface area contributed by atoms with Crippen molar-refractivity contribution in [1.29, 1.82) is 0 Å². The molecule has 2 aromatic carbocycles. The second-order valence-corrected chi connectivity index (χ2v) is 9.74. The van der Waals surface area contributed by atoms with Gasteiger partial charge in [0.1, 0.15) is 17.5 Å². The van der Waals surface area contributed by atoms with Crippen LogP contribution in [0.4, 0.5) is 0 Å². The molecule has 0 aliphatic heterocycles. The van der Waals surface area contributed by atoms with Crippen LogP contribution in [0.1, 0.15) is 48.8 Å². The SMILES string of the molecule is COC(=O)CC(NC(=O)[C@H](CC(C)C)NC(=O)c1cc2c(OC)cccc2[nH]1)c1cc(=O)[nH]c2ccccc12. The van der Waals surface area contributed by atoms with Crippen molar-refractivity contribution < 1.29 is 23.9 Å². The van der Waals surface area contributed by atoms with E-state index in [1.165, 1.54) is 13.2 Å². The van der Waals surface area contributed by atoms with E-state index in [2.05, 4.69) is 20.6 Å². The third kappa shape index (κ3) is 6.28. The van der Waals surface area contributed by atoms with E-state index in [1.807, 2.05) is 26.0 Å². The number of para-hydroxylation sites is 1. The van der Waals surface area contributed by atoms with E-state index in [9.17, 15) is 19.2 Å². The number of methoxy groups -OCH3 is 2. The summed E-state index contributed by atoms with van der Waals surface area (Å²) in [5.74, 6) is -0.802. The first-order chi connectivity index (χ1) is 18.7. The van der Waals surface area contributed by atoms with Crippen LogP contribution in [-0.2, 0) is 14.3 Å². The normalized spacial score (nSPS) is 12.7. The summed E-state index contributed by atoms with van der Waals surface area (Å²) in [7, 11) is 2.81. The number of aromatic amines is 2. The van der Waals surface area contributed by atoms with Crippen LogP contribution in [-0.4, -0.2) is 48.0 Å². The highest BCUT2D eigenvalue weighted by molar-refractivity contribution is 6.01. The monoisotopic (exact) mass is 532 g/mol. The fourth-order valence-electron chi connectivity index (χ4n) is 4.65. The van der Waals surface area contributed by atoms with Gasteiger partial charge in [0.05, 0.1) is 26.7 Å². The highest BCUT2D eigenvalue weighted by atomic mass is 16.5. The molecule has 0 bridgehead atoms. The molecule has 2 atom stereocenters. The Hall–Kier alpha value is -4.60. The van der Waals surface area contributed by atoms with Gasteiger partial charge in [-0.25, -0.2) is 0 Å². The number of carbonyl (C=O) groups excluding carboxylic acids is 3. The van der Waals surface area contributed by atoms with E-state index in [-0.39, 0.29) is 23.6 Å². The molecule has 0 spiro atoms. The number of ether oxygens (including phenoxy) is 2. The zero-order valence-electron chi connectivity index (χ0n) is 22.3. The number of nitrogens with one attached hydrogen (secondary N) is 4. The lowest BCUT2D eigenvalue weighted by atomic mass is 9.97. The maximum Gasteiger partial charge on any atom is 0.307 e. The molecule has 2 amide bonds. The number of hydrogen-bond acceptors (Lipinski definition) is 6. The minimum absolute atomic E-state index is 0.0725. The van der Waals surface area contributed by atoms with Crippen molar-refractivity contribution in [1.82, 2.24) is 20.6 Å². The molecule has 10 heteroatoms. The summed E-state index contributed by atoms with van der Waals surface area (Å²) in [6.45, 7) is 3.88. The van der Waals surface area contributed by atoms with Crippen LogP contribution in [0, 0.1) is 5.92 Å². The number of H-pyrrole nitrogens is 2. The van der Waals surface area contributed by atoms with Crippen LogP contribution in [0.2, 0.25) is 0 Å². The van der Waals surface area contributed by atoms with Crippen LogP contribution in [0.15, 0.2) is 59.4 Å². The number of pyridine rings is 1. The van der Waals surface area contributed by atoms with Crippen LogP contribution >= 0.6 is 0 Å². The average Bonchev–Trinajstić information content (AvgIpc) is 3.36. The van der Waals surface area contributed by atoms with E-state index >= 15 is 0 Å². The predicted molar refractivity (Wildman–Crippen MR) is 148 cm³/mol. The Balaban J connectivity index is 1.63. The second-order valence-electron chi connectivity index (χ2n) is 9.74. The van der Waals surface area contributed by atoms with Gasteiger partial charge in [0.15, 0.2) is 0 Å². The molecule has 4 rings (SSSR count). The fraction of sp³-hybridized carbons (Fsp3) is 0.310. The smallest absolute Gasteiger partial charge is 0.307 e. The van der Waals surface area contributed by atoms with Gasteiger partial charge < -0.3 is 30.1 Å². The first-order valence-electron chi connectivity index (χ1n) is 12.7. The van der Waals surface area contributed by atoms with Crippen molar-refractivity contribution in [2.75, 3.05) is 14.2 Å². The number of amides is 2. The Kier molecular flexibility index (Phi) is 8.33. The van der Waals surface area contributed by atoms with E-state index in [0.29, 0.717) is 28.6 Å². The number of rotatable bonds is 10. The molecular weight excluding hydrogens is 500 g/mol. The van der Waals surface area contributed by atoms with Crippen LogP contribution in [0.5, 0.6) is 5.75 Å². The largest absolute Gasteiger partial charge is 0.496 e. The summed E-state index contributed by atoms with van der Waals surface area (Å²) in [6.07, 6.45) is 0.155. The third-order valence-electron chi connectivity index (χ3n) is 6.49. The van der Waals surface area contributed by atoms with Gasteiger partial charge in [-0.3, -0.25) is 19.2 Å². The first kappa shape index (κ1) is 27.4. The number of carbonyl (C=O) groups is 3. The van der Waals surface area contributed by atoms with Gasteiger partial charge in [0.25, 0.3) is 5.91 Å². The Labute approximate surface area is 225 Å². The van der Waals surface area contributed by atoms with Gasteiger partial charge >= 0.3 is 5.97 Å². The van der Waals surface area contributed by atoms with E-state index in [0.717, 1.165) is 10.9 Å². The highest BCUT2D eigenvalue weighted by Gasteiger charge is 2.28. The molecule has 2 heterocycles. The van der Waals surface area contributed by atoms with Crippen molar-refractivity contribution in [2.24, 2.45) is 5.92 Å². The first-order valence-corrected chi connectivity index (χ1v) is 12.7. The van der Waals surface area contributed by atoms with E-state index in [1.54, 1.807) is 43.5 Å². The Morgan fingerprint density at radius 3 is 2.33 bits per heavy atom. The summed E-state index contributed by atoms with van der Waals surface area (Å²) in [4.78, 5) is 57.4. The summed E-state index contributed by atoms with van der Waals surface area (Å²) >= 11 is 0. The van der Waals surface area contributed by atoms with Gasteiger partial charge in [0.2, 0.25) is 11.5 Å². The van der Waals surface area contributed by atoms with Gasteiger partial charge in [-0.1, -0.05) is 38.1 Å². The standard InChI is InChI=1S/C29H32N4O6/c1-16(2)12-23(33-29(37)24-13-19-21(30-24)10-7-11-25(19)38-3)28(36)32-22(15-27(35)39-4)18-14-26(34)31-20-9-6-5-8-17(18)20/h5-11,13-14,16,22-23,30H,12,15H2,1-4H3,(H,31,34)(H,32,36)(H,33,37)/t22?,23-/m0/s1. The summed E-state index contributed by atoms with van der Waals surface area (Å²) in [5.41, 5.74) is 1.69. The van der Waals surface area contributed by atoms with Crippen molar-refractivity contribution in [2.45, 2.75) is 38.8 Å². The summed E-state index contributed by atoms with van der Waals surface area (Å²) in [6, 6.07) is 13.8. The molecule has 10 nitrogen and oxygen atoms in total. The van der Waals surface area contributed by atoms with Crippen molar-refractivity contribution in [3.8, 4) is 5.75 Å². The van der Waals surface area contributed by atoms with Crippen molar-refractivity contribution >= 4 is 39.6 Å². The van der Waals surface area contributed by atoms with Crippen molar-refractivity contribution in [3.63, 3.8) is 0 Å². The molecular formula is C29H32N4O6. The second kappa shape index (κ2) is 11.8. The lowest BCUT2D eigenvalue weighted by Crippen LogP contribution is -2.48. The zero-order chi connectivity index (χ0) is 28.1.